The van der Waals surface area contributed by atoms with Crippen molar-refractivity contribution in [3.05, 3.63) is 23.4 Å². The summed E-state index contributed by atoms with van der Waals surface area (Å²) in [7, 11) is 1.88. The molecule has 0 aromatic carbocycles. The molecule has 2 heteroatoms. The van der Waals surface area contributed by atoms with E-state index in [0.717, 1.165) is 5.82 Å². The topological polar surface area (TPSA) is 24.9 Å². The third-order valence-corrected chi connectivity index (χ3v) is 1.71. The largest absolute Gasteiger partial charge is 0.373 e. The number of rotatable bonds is 1. The predicted octanol–water partition coefficient (Wildman–Crippen LogP) is 3.79. The number of hydrogen-bond donors (Lipinski definition) is 1. The van der Waals surface area contributed by atoms with Crippen LogP contribution in [0.4, 0.5) is 5.82 Å². The van der Waals surface area contributed by atoms with Crippen molar-refractivity contribution in [2.75, 3.05) is 12.4 Å². The zero-order chi connectivity index (χ0) is 11.6. The van der Waals surface area contributed by atoms with Gasteiger partial charge in [-0.3, -0.25) is 0 Å². The lowest BCUT2D eigenvalue weighted by Crippen LogP contribution is -1.96. The number of nitrogens with zero attached hydrogens (tertiary/aromatic N) is 1. The van der Waals surface area contributed by atoms with E-state index in [1.165, 1.54) is 11.1 Å². The van der Waals surface area contributed by atoms with Crippen molar-refractivity contribution in [2.45, 2.75) is 41.5 Å². The van der Waals surface area contributed by atoms with E-state index < -0.39 is 0 Å². The van der Waals surface area contributed by atoms with E-state index in [0.29, 0.717) is 0 Å². The van der Waals surface area contributed by atoms with E-state index in [2.05, 4.69) is 24.1 Å². The fourth-order valence-electron chi connectivity index (χ4n) is 0.884. The number of aryl methyl sites for hydroxylation is 1. The molecule has 14 heavy (non-hydrogen) atoms. The fourth-order valence-corrected chi connectivity index (χ4v) is 0.884. The molecule has 0 saturated carbocycles. The van der Waals surface area contributed by atoms with Crippen LogP contribution >= 0.6 is 0 Å². The molecular formula is C12H24N2. The molecular weight excluding hydrogens is 172 g/mol. The van der Waals surface area contributed by atoms with Crippen LogP contribution in [-0.4, -0.2) is 12.0 Å². The monoisotopic (exact) mass is 196 g/mol. The first-order valence-corrected chi connectivity index (χ1v) is 5.35. The average molecular weight is 196 g/mol. The molecule has 0 radical (unpaired) electrons. The molecule has 0 fully saturated rings. The summed E-state index contributed by atoms with van der Waals surface area (Å²) in [4.78, 5) is 4.15. The molecule has 0 bridgehead atoms. The highest BCUT2D eigenvalue weighted by Crippen LogP contribution is 2.12. The second kappa shape index (κ2) is 10.0. The summed E-state index contributed by atoms with van der Waals surface area (Å²) in [6.45, 7) is 12.1. The SMILES string of the molecule is CC.CC.CNc1nccc(C)c1C. The molecule has 0 amide bonds. The van der Waals surface area contributed by atoms with Crippen LogP contribution in [0.5, 0.6) is 0 Å². The molecule has 0 aliphatic heterocycles. The minimum absolute atomic E-state index is 0.972. The lowest BCUT2D eigenvalue weighted by atomic mass is 10.2. The van der Waals surface area contributed by atoms with Gasteiger partial charge in [0.05, 0.1) is 0 Å². The number of anilines is 1. The summed E-state index contributed by atoms with van der Waals surface area (Å²) >= 11 is 0. The molecule has 0 spiro atoms. The van der Waals surface area contributed by atoms with Crippen LogP contribution in [0.15, 0.2) is 12.3 Å². The Balaban J connectivity index is 0. The molecule has 1 aromatic rings. The lowest BCUT2D eigenvalue weighted by molar-refractivity contribution is 1.20. The summed E-state index contributed by atoms with van der Waals surface area (Å²) in [5, 5.41) is 3.02. The van der Waals surface area contributed by atoms with Gasteiger partial charge in [0.2, 0.25) is 0 Å². The van der Waals surface area contributed by atoms with E-state index in [1.54, 1.807) is 0 Å². The molecule has 0 aliphatic rings. The van der Waals surface area contributed by atoms with Gasteiger partial charge in [-0.1, -0.05) is 27.7 Å². The molecule has 0 atom stereocenters. The van der Waals surface area contributed by atoms with Crippen molar-refractivity contribution in [3.8, 4) is 0 Å². The minimum atomic E-state index is 0.972. The average Bonchev–Trinajstić information content (AvgIpc) is 2.28. The van der Waals surface area contributed by atoms with Gasteiger partial charge in [-0.15, -0.1) is 0 Å². The van der Waals surface area contributed by atoms with E-state index >= 15 is 0 Å². The maximum Gasteiger partial charge on any atom is 0.128 e. The van der Waals surface area contributed by atoms with E-state index in [4.69, 9.17) is 0 Å². The van der Waals surface area contributed by atoms with Crippen LogP contribution in [0.3, 0.4) is 0 Å². The summed E-state index contributed by atoms with van der Waals surface area (Å²) in [6.07, 6.45) is 1.81. The Morgan fingerprint density at radius 3 is 1.93 bits per heavy atom. The summed E-state index contributed by atoms with van der Waals surface area (Å²) in [6, 6.07) is 2.01. The van der Waals surface area contributed by atoms with Crippen LogP contribution < -0.4 is 5.32 Å². The molecule has 0 unspecified atom stereocenters. The Hall–Kier alpha value is -1.05. The lowest BCUT2D eigenvalue weighted by Gasteiger charge is -2.04. The fraction of sp³-hybridized carbons (Fsp3) is 0.583. The van der Waals surface area contributed by atoms with Gasteiger partial charge in [0.25, 0.3) is 0 Å². The van der Waals surface area contributed by atoms with Crippen molar-refractivity contribution < 1.29 is 0 Å². The molecule has 2 nitrogen and oxygen atoms in total. The molecule has 1 rings (SSSR count). The highest BCUT2D eigenvalue weighted by atomic mass is 15.0. The van der Waals surface area contributed by atoms with Gasteiger partial charge in [0, 0.05) is 13.2 Å². The number of nitrogens with one attached hydrogen (secondary N) is 1. The normalized spacial score (nSPS) is 7.64. The molecule has 1 aromatic heterocycles. The van der Waals surface area contributed by atoms with Crippen LogP contribution in [0.2, 0.25) is 0 Å². The van der Waals surface area contributed by atoms with Crippen LogP contribution in [0.25, 0.3) is 0 Å². The van der Waals surface area contributed by atoms with Crippen LogP contribution in [0, 0.1) is 13.8 Å². The van der Waals surface area contributed by atoms with Crippen LogP contribution in [-0.2, 0) is 0 Å². The number of hydrogen-bond acceptors (Lipinski definition) is 2. The maximum absolute atomic E-state index is 4.15. The molecule has 1 heterocycles. The van der Waals surface area contributed by atoms with E-state index in [1.807, 2.05) is 47.0 Å². The Morgan fingerprint density at radius 1 is 1.07 bits per heavy atom. The zero-order valence-electron chi connectivity index (χ0n) is 10.6. The number of pyridine rings is 1. The van der Waals surface area contributed by atoms with Crippen molar-refractivity contribution >= 4 is 5.82 Å². The Bertz CT molecular complexity index is 232. The zero-order valence-corrected chi connectivity index (χ0v) is 10.6. The van der Waals surface area contributed by atoms with Gasteiger partial charge in [-0.2, -0.15) is 0 Å². The molecule has 0 aliphatic carbocycles. The van der Waals surface area contributed by atoms with Crippen molar-refractivity contribution in [1.82, 2.24) is 4.98 Å². The first-order chi connectivity index (χ1) is 6.75. The Morgan fingerprint density at radius 2 is 1.57 bits per heavy atom. The van der Waals surface area contributed by atoms with Gasteiger partial charge >= 0.3 is 0 Å². The first-order valence-electron chi connectivity index (χ1n) is 5.35. The summed E-state index contributed by atoms with van der Waals surface area (Å²) < 4.78 is 0. The standard InChI is InChI=1S/C8H12N2.2C2H6/c1-6-4-5-10-8(9-3)7(6)2;2*1-2/h4-5H,1-3H3,(H,9,10);2*1-2H3. The highest BCUT2D eigenvalue weighted by Gasteiger charge is 1.97. The quantitative estimate of drug-likeness (QED) is 0.739. The second-order valence-electron chi connectivity index (χ2n) is 2.35. The Kier molecular flexibility index (Phi) is 11.1. The van der Waals surface area contributed by atoms with Crippen LogP contribution in [0.1, 0.15) is 38.8 Å². The van der Waals surface area contributed by atoms with Gasteiger partial charge in [-0.25, -0.2) is 4.98 Å². The smallest absolute Gasteiger partial charge is 0.128 e. The maximum atomic E-state index is 4.15. The second-order valence-corrected chi connectivity index (χ2v) is 2.35. The van der Waals surface area contributed by atoms with Crippen molar-refractivity contribution in [3.63, 3.8) is 0 Å². The third-order valence-electron chi connectivity index (χ3n) is 1.71. The van der Waals surface area contributed by atoms with Crippen molar-refractivity contribution in [1.29, 1.82) is 0 Å². The van der Waals surface area contributed by atoms with E-state index in [9.17, 15) is 0 Å². The number of aromatic nitrogens is 1. The molecule has 1 N–H and O–H groups in total. The molecule has 82 valence electrons. The van der Waals surface area contributed by atoms with Gasteiger partial charge in [-0.05, 0) is 31.0 Å². The van der Waals surface area contributed by atoms with E-state index in [-0.39, 0.29) is 0 Å². The Labute approximate surface area is 88.8 Å². The molecule has 0 saturated heterocycles. The summed E-state index contributed by atoms with van der Waals surface area (Å²) in [5.74, 6) is 0.972. The van der Waals surface area contributed by atoms with Gasteiger partial charge < -0.3 is 5.32 Å². The first kappa shape index (κ1) is 15.4. The summed E-state index contributed by atoms with van der Waals surface area (Å²) in [5.41, 5.74) is 2.50. The highest BCUT2D eigenvalue weighted by molar-refractivity contribution is 5.46. The van der Waals surface area contributed by atoms with Gasteiger partial charge in [0.1, 0.15) is 5.82 Å². The van der Waals surface area contributed by atoms with Gasteiger partial charge in [0.15, 0.2) is 0 Å². The minimum Gasteiger partial charge on any atom is -0.373 e. The third kappa shape index (κ3) is 4.85. The predicted molar refractivity (Wildman–Crippen MR) is 66.0 cm³/mol. The van der Waals surface area contributed by atoms with Crippen molar-refractivity contribution in [2.24, 2.45) is 0 Å².